The van der Waals surface area contributed by atoms with Crippen molar-refractivity contribution in [2.75, 3.05) is 13.2 Å². The number of nitrogens with zero attached hydrogens (tertiary/aromatic N) is 1. The minimum atomic E-state index is -4.50. The van der Waals surface area contributed by atoms with Crippen LogP contribution in [0, 0.1) is 0 Å². The van der Waals surface area contributed by atoms with Crippen molar-refractivity contribution in [1.82, 2.24) is 10.2 Å². The summed E-state index contributed by atoms with van der Waals surface area (Å²) in [6, 6.07) is 18.8. The first kappa shape index (κ1) is 31.6. The van der Waals surface area contributed by atoms with Crippen LogP contribution in [-0.4, -0.2) is 47.9 Å². The number of benzene rings is 3. The standard InChI is InChI=1S/C32H34F3N3O5/c1-2-42-31(41)28(23-9-4-3-5-10-23)43-25-15-13-21(14-16-25)20-37-29(39)27-12-7-17-38(27)30(40)26(36)19-22-8-6-11-24(18-22)32(33,34)35/h3-6,8-11,13-16,18,26-28H,2,7,12,17,19-20,36H2,1H3,(H,37,39)/t26-,27-,28?/m0/s1. The van der Waals surface area contributed by atoms with E-state index in [0.717, 1.165) is 17.7 Å². The number of halogens is 3. The maximum Gasteiger partial charge on any atom is 0.416 e. The second-order valence-electron chi connectivity index (χ2n) is 10.2. The molecule has 1 aliphatic rings. The third kappa shape index (κ3) is 8.35. The number of rotatable bonds is 11. The summed E-state index contributed by atoms with van der Waals surface area (Å²) in [6.45, 7) is 2.46. The first-order valence-electron chi connectivity index (χ1n) is 14.0. The van der Waals surface area contributed by atoms with Gasteiger partial charge in [-0.2, -0.15) is 13.2 Å². The summed E-state index contributed by atoms with van der Waals surface area (Å²) in [6.07, 6.45) is -4.45. The lowest BCUT2D eigenvalue weighted by molar-refractivity contribution is -0.151. The Bertz CT molecular complexity index is 1400. The molecule has 43 heavy (non-hydrogen) atoms. The second-order valence-corrected chi connectivity index (χ2v) is 10.2. The van der Waals surface area contributed by atoms with Gasteiger partial charge in [-0.3, -0.25) is 9.59 Å². The van der Waals surface area contributed by atoms with E-state index in [1.165, 1.54) is 17.0 Å². The zero-order valence-electron chi connectivity index (χ0n) is 23.7. The molecule has 228 valence electrons. The number of nitrogens with two attached hydrogens (primary N) is 1. The van der Waals surface area contributed by atoms with E-state index in [4.69, 9.17) is 15.2 Å². The van der Waals surface area contributed by atoms with Gasteiger partial charge in [-0.1, -0.05) is 60.7 Å². The van der Waals surface area contributed by atoms with E-state index in [0.29, 0.717) is 36.3 Å². The molecule has 11 heteroatoms. The van der Waals surface area contributed by atoms with E-state index < -0.39 is 41.8 Å². The number of carbonyl (C=O) groups excluding carboxylic acids is 3. The van der Waals surface area contributed by atoms with Crippen molar-refractivity contribution >= 4 is 17.8 Å². The normalized spacial score (nSPS) is 16.3. The fourth-order valence-electron chi connectivity index (χ4n) is 4.96. The SMILES string of the molecule is CCOC(=O)C(Oc1ccc(CNC(=O)[C@@H]2CCCN2C(=O)[C@@H](N)Cc2cccc(C(F)(F)F)c2)cc1)c1ccccc1. The number of carbonyl (C=O) groups is 3. The Morgan fingerprint density at radius 2 is 1.72 bits per heavy atom. The highest BCUT2D eigenvalue weighted by Crippen LogP contribution is 2.30. The highest BCUT2D eigenvalue weighted by atomic mass is 19.4. The van der Waals surface area contributed by atoms with Crippen molar-refractivity contribution < 1.29 is 37.0 Å². The molecule has 0 spiro atoms. The lowest BCUT2D eigenvalue weighted by Crippen LogP contribution is -2.51. The molecule has 3 N–H and O–H groups in total. The van der Waals surface area contributed by atoms with Gasteiger partial charge in [0.2, 0.25) is 17.9 Å². The monoisotopic (exact) mass is 597 g/mol. The molecular weight excluding hydrogens is 563 g/mol. The van der Waals surface area contributed by atoms with E-state index in [1.807, 2.05) is 6.07 Å². The fourth-order valence-corrected chi connectivity index (χ4v) is 4.96. The van der Waals surface area contributed by atoms with Crippen molar-refractivity contribution in [3.05, 3.63) is 101 Å². The molecule has 0 aliphatic carbocycles. The average Bonchev–Trinajstić information content (AvgIpc) is 3.49. The molecule has 8 nitrogen and oxygen atoms in total. The Hall–Kier alpha value is -4.38. The first-order chi connectivity index (χ1) is 20.6. The van der Waals surface area contributed by atoms with E-state index in [9.17, 15) is 27.6 Å². The lowest BCUT2D eigenvalue weighted by atomic mass is 10.0. The Morgan fingerprint density at radius 1 is 1.00 bits per heavy atom. The van der Waals surface area contributed by atoms with Crippen molar-refractivity contribution in [2.24, 2.45) is 5.73 Å². The van der Waals surface area contributed by atoms with Crippen LogP contribution in [0.4, 0.5) is 13.2 Å². The molecule has 1 heterocycles. The van der Waals surface area contributed by atoms with Crippen LogP contribution in [0.25, 0.3) is 0 Å². The number of ether oxygens (including phenoxy) is 2. The molecule has 1 unspecified atom stereocenters. The predicted molar refractivity (Wildman–Crippen MR) is 153 cm³/mol. The highest BCUT2D eigenvalue weighted by Gasteiger charge is 2.36. The lowest BCUT2D eigenvalue weighted by Gasteiger charge is -2.27. The maximum absolute atomic E-state index is 13.1. The summed E-state index contributed by atoms with van der Waals surface area (Å²) in [5.74, 6) is -0.885. The second kappa shape index (κ2) is 14.2. The first-order valence-corrected chi connectivity index (χ1v) is 14.0. The van der Waals surface area contributed by atoms with Gasteiger partial charge in [0, 0.05) is 18.7 Å². The van der Waals surface area contributed by atoms with E-state index in [1.54, 1.807) is 55.5 Å². The van der Waals surface area contributed by atoms with Gasteiger partial charge in [0.15, 0.2) is 0 Å². The number of hydrogen-bond acceptors (Lipinski definition) is 6. The van der Waals surface area contributed by atoms with Crippen LogP contribution >= 0.6 is 0 Å². The summed E-state index contributed by atoms with van der Waals surface area (Å²) in [5, 5.41) is 2.85. The molecular formula is C32H34F3N3O5. The van der Waals surface area contributed by atoms with Gasteiger partial charge in [0.1, 0.15) is 11.8 Å². The van der Waals surface area contributed by atoms with Crippen LogP contribution in [0.1, 0.15) is 48.1 Å². The van der Waals surface area contributed by atoms with Gasteiger partial charge in [-0.15, -0.1) is 0 Å². The molecule has 1 saturated heterocycles. The van der Waals surface area contributed by atoms with Gasteiger partial charge in [0.05, 0.1) is 18.2 Å². The summed E-state index contributed by atoms with van der Waals surface area (Å²) in [5.41, 5.74) is 7.00. The minimum absolute atomic E-state index is 0.0801. The van der Waals surface area contributed by atoms with Crippen molar-refractivity contribution in [2.45, 2.75) is 57.1 Å². The maximum atomic E-state index is 13.1. The Kier molecular flexibility index (Phi) is 10.4. The molecule has 0 bridgehead atoms. The van der Waals surface area contributed by atoms with Crippen LogP contribution in [0.3, 0.4) is 0 Å². The molecule has 0 aromatic heterocycles. The van der Waals surface area contributed by atoms with Gasteiger partial charge in [-0.25, -0.2) is 4.79 Å². The van der Waals surface area contributed by atoms with Crippen LogP contribution < -0.4 is 15.8 Å². The van der Waals surface area contributed by atoms with E-state index in [-0.39, 0.29) is 25.5 Å². The number of esters is 1. The van der Waals surface area contributed by atoms with E-state index >= 15 is 0 Å². The van der Waals surface area contributed by atoms with Crippen LogP contribution in [0.15, 0.2) is 78.9 Å². The third-order valence-electron chi connectivity index (χ3n) is 7.11. The quantitative estimate of drug-likeness (QED) is 0.314. The molecule has 0 radical (unpaired) electrons. The molecule has 1 fully saturated rings. The molecule has 3 atom stereocenters. The molecule has 3 aromatic carbocycles. The number of amides is 2. The summed E-state index contributed by atoms with van der Waals surface area (Å²) >= 11 is 0. The predicted octanol–water partition coefficient (Wildman–Crippen LogP) is 4.57. The molecule has 1 aliphatic heterocycles. The Morgan fingerprint density at radius 3 is 2.40 bits per heavy atom. The number of likely N-dealkylation sites (tertiary alicyclic amines) is 1. The summed E-state index contributed by atoms with van der Waals surface area (Å²) in [4.78, 5) is 40.0. The average molecular weight is 598 g/mol. The van der Waals surface area contributed by atoms with Crippen molar-refractivity contribution in [3.8, 4) is 5.75 Å². The van der Waals surface area contributed by atoms with Crippen LogP contribution in [0.5, 0.6) is 5.75 Å². The molecule has 4 rings (SSSR count). The smallest absolute Gasteiger partial charge is 0.416 e. The van der Waals surface area contributed by atoms with E-state index in [2.05, 4.69) is 5.32 Å². The third-order valence-corrected chi connectivity index (χ3v) is 7.11. The van der Waals surface area contributed by atoms with Gasteiger partial charge in [-0.05, 0) is 55.5 Å². The largest absolute Gasteiger partial charge is 0.474 e. The topological polar surface area (TPSA) is 111 Å². The zero-order chi connectivity index (χ0) is 31.0. The molecule has 2 amide bonds. The summed E-state index contributed by atoms with van der Waals surface area (Å²) < 4.78 is 50.3. The number of hydrogen-bond donors (Lipinski definition) is 2. The van der Waals surface area contributed by atoms with Gasteiger partial charge in [0.25, 0.3) is 0 Å². The molecule has 0 saturated carbocycles. The van der Waals surface area contributed by atoms with Crippen molar-refractivity contribution in [1.29, 1.82) is 0 Å². The Labute approximate surface area is 248 Å². The fraction of sp³-hybridized carbons (Fsp3) is 0.344. The number of nitrogens with one attached hydrogen (secondary N) is 1. The Balaban J connectivity index is 1.33. The van der Waals surface area contributed by atoms with Crippen LogP contribution in [0.2, 0.25) is 0 Å². The highest BCUT2D eigenvalue weighted by molar-refractivity contribution is 5.90. The van der Waals surface area contributed by atoms with Gasteiger partial charge < -0.3 is 25.4 Å². The van der Waals surface area contributed by atoms with Gasteiger partial charge >= 0.3 is 12.1 Å². The van der Waals surface area contributed by atoms with Crippen molar-refractivity contribution in [3.63, 3.8) is 0 Å². The zero-order valence-corrected chi connectivity index (χ0v) is 23.7. The van der Waals surface area contributed by atoms with Crippen LogP contribution in [-0.2, 0) is 38.3 Å². The molecule has 3 aromatic rings. The number of alkyl halides is 3. The minimum Gasteiger partial charge on any atom is -0.474 e. The summed E-state index contributed by atoms with van der Waals surface area (Å²) in [7, 11) is 0.